The van der Waals surface area contributed by atoms with Crippen LogP contribution >= 0.6 is 0 Å². The maximum Gasteiger partial charge on any atom is 0.0527 e. The van der Waals surface area contributed by atoms with Crippen LogP contribution in [0.1, 0.15) is 30.0 Å². The minimum atomic E-state index is 0.683. The average molecular weight is 179 g/mol. The van der Waals surface area contributed by atoms with Crippen molar-refractivity contribution in [3.05, 3.63) is 17.5 Å². The fourth-order valence-electron chi connectivity index (χ4n) is 2.26. The van der Waals surface area contributed by atoms with Crippen LogP contribution in [0.2, 0.25) is 0 Å². The van der Waals surface area contributed by atoms with Gasteiger partial charge in [-0.25, -0.2) is 0 Å². The summed E-state index contributed by atoms with van der Waals surface area (Å²) in [6.07, 6.45) is 5.85. The van der Waals surface area contributed by atoms with Gasteiger partial charge in [0.05, 0.1) is 6.20 Å². The average Bonchev–Trinajstić information content (AvgIpc) is 2.50. The molecule has 1 aliphatic rings. The van der Waals surface area contributed by atoms with Crippen molar-refractivity contribution in [3.63, 3.8) is 0 Å². The minimum absolute atomic E-state index is 0.683. The summed E-state index contributed by atoms with van der Waals surface area (Å²) in [6.45, 7) is 1.08. The molecule has 1 aromatic rings. The predicted octanol–water partition coefficient (Wildman–Crippen LogP) is 1.06. The molecule has 0 saturated heterocycles. The summed E-state index contributed by atoms with van der Waals surface area (Å²) in [5.41, 5.74) is 2.90. The summed E-state index contributed by atoms with van der Waals surface area (Å²) in [6, 6.07) is 0. The molecule has 3 nitrogen and oxygen atoms in total. The lowest BCUT2D eigenvalue weighted by molar-refractivity contribution is 0.515. The Kier molecular flexibility index (Phi) is 2.36. The molecule has 1 aromatic heterocycles. The van der Waals surface area contributed by atoms with Gasteiger partial charge in [0.1, 0.15) is 0 Å². The third-order valence-corrected chi connectivity index (χ3v) is 2.95. The fraction of sp³-hybridized carbons (Fsp3) is 0.700. The van der Waals surface area contributed by atoms with E-state index in [-0.39, 0.29) is 0 Å². The highest BCUT2D eigenvalue weighted by Crippen LogP contribution is 2.30. The van der Waals surface area contributed by atoms with Gasteiger partial charge < -0.3 is 5.32 Å². The molecule has 0 spiro atoms. The molecule has 0 aromatic carbocycles. The second kappa shape index (κ2) is 3.50. The van der Waals surface area contributed by atoms with Crippen LogP contribution < -0.4 is 5.32 Å². The van der Waals surface area contributed by atoms with E-state index < -0.39 is 0 Å². The van der Waals surface area contributed by atoms with Gasteiger partial charge in [0.25, 0.3) is 0 Å². The number of aromatic nitrogens is 2. The van der Waals surface area contributed by atoms with E-state index in [1.807, 2.05) is 25.0 Å². The highest BCUT2D eigenvalue weighted by atomic mass is 15.3. The molecule has 0 amide bonds. The minimum Gasteiger partial charge on any atom is -0.319 e. The topological polar surface area (TPSA) is 29.9 Å². The first-order chi connectivity index (χ1) is 6.33. The van der Waals surface area contributed by atoms with Crippen LogP contribution in [0.3, 0.4) is 0 Å². The lowest BCUT2D eigenvalue weighted by Crippen LogP contribution is -2.21. The van der Waals surface area contributed by atoms with Crippen LogP contribution in [-0.4, -0.2) is 23.4 Å². The second-order valence-corrected chi connectivity index (χ2v) is 3.82. The van der Waals surface area contributed by atoms with Gasteiger partial charge in [0, 0.05) is 19.3 Å². The van der Waals surface area contributed by atoms with Gasteiger partial charge in [0.2, 0.25) is 0 Å². The molecule has 1 heterocycles. The molecule has 0 bridgehead atoms. The number of nitrogens with zero attached hydrogens (tertiary/aromatic N) is 2. The van der Waals surface area contributed by atoms with Crippen molar-refractivity contribution in [1.82, 2.24) is 15.1 Å². The Morgan fingerprint density at radius 1 is 1.69 bits per heavy atom. The Balaban J connectivity index is 2.27. The lowest BCUT2D eigenvalue weighted by Gasteiger charge is -2.22. The van der Waals surface area contributed by atoms with Crippen LogP contribution in [0.4, 0.5) is 0 Å². The third kappa shape index (κ3) is 1.48. The van der Waals surface area contributed by atoms with E-state index in [4.69, 9.17) is 0 Å². The first-order valence-electron chi connectivity index (χ1n) is 4.98. The van der Waals surface area contributed by atoms with Crippen molar-refractivity contribution in [2.45, 2.75) is 25.2 Å². The Morgan fingerprint density at radius 2 is 2.54 bits per heavy atom. The summed E-state index contributed by atoms with van der Waals surface area (Å²) in [5, 5.41) is 7.57. The number of fused-ring (bicyclic) bond motifs is 1. The third-order valence-electron chi connectivity index (χ3n) is 2.95. The largest absolute Gasteiger partial charge is 0.319 e. The van der Waals surface area contributed by atoms with Crippen molar-refractivity contribution in [2.75, 3.05) is 13.6 Å². The molecule has 72 valence electrons. The van der Waals surface area contributed by atoms with Gasteiger partial charge in [0.15, 0.2) is 0 Å². The molecule has 0 saturated carbocycles. The summed E-state index contributed by atoms with van der Waals surface area (Å²) >= 11 is 0. The number of likely N-dealkylation sites (N-methyl/N-ethyl adjacent to an activating group) is 1. The monoisotopic (exact) mass is 179 g/mol. The molecular formula is C10H17N3. The standard InChI is InChI=1S/C10H17N3/c1-11-6-8-4-3-5-10-9(8)7-12-13(10)2/h7-8,11H,3-6H2,1-2H3. The van der Waals surface area contributed by atoms with Crippen LogP contribution in [0, 0.1) is 0 Å². The normalized spacial score (nSPS) is 21.5. The van der Waals surface area contributed by atoms with E-state index in [0.717, 1.165) is 6.54 Å². The molecule has 2 rings (SSSR count). The van der Waals surface area contributed by atoms with Crippen molar-refractivity contribution in [3.8, 4) is 0 Å². The van der Waals surface area contributed by atoms with Crippen LogP contribution in [0.25, 0.3) is 0 Å². The van der Waals surface area contributed by atoms with E-state index in [9.17, 15) is 0 Å². The molecule has 1 aliphatic carbocycles. The van der Waals surface area contributed by atoms with Gasteiger partial charge in [-0.3, -0.25) is 4.68 Å². The van der Waals surface area contributed by atoms with Gasteiger partial charge in [-0.05, 0) is 37.8 Å². The quantitative estimate of drug-likeness (QED) is 0.735. The summed E-state index contributed by atoms with van der Waals surface area (Å²) in [5.74, 6) is 0.683. The van der Waals surface area contributed by atoms with Gasteiger partial charge >= 0.3 is 0 Å². The fourth-order valence-corrected chi connectivity index (χ4v) is 2.26. The first kappa shape index (κ1) is 8.75. The van der Waals surface area contributed by atoms with Crippen LogP contribution in [0.15, 0.2) is 6.20 Å². The molecule has 0 radical (unpaired) electrons. The lowest BCUT2D eigenvalue weighted by atomic mass is 9.87. The molecule has 1 atom stereocenters. The van der Waals surface area contributed by atoms with Gasteiger partial charge in [-0.1, -0.05) is 0 Å². The Morgan fingerprint density at radius 3 is 3.31 bits per heavy atom. The number of hydrogen-bond donors (Lipinski definition) is 1. The van der Waals surface area contributed by atoms with E-state index in [0.29, 0.717) is 5.92 Å². The highest BCUT2D eigenvalue weighted by molar-refractivity contribution is 5.25. The number of hydrogen-bond acceptors (Lipinski definition) is 2. The zero-order valence-electron chi connectivity index (χ0n) is 8.38. The van der Waals surface area contributed by atoms with Crippen molar-refractivity contribution in [1.29, 1.82) is 0 Å². The summed E-state index contributed by atoms with van der Waals surface area (Å²) in [7, 11) is 4.06. The number of rotatable bonds is 2. The maximum atomic E-state index is 4.32. The molecular weight excluding hydrogens is 162 g/mol. The molecule has 13 heavy (non-hydrogen) atoms. The molecule has 3 heteroatoms. The van der Waals surface area contributed by atoms with E-state index in [1.54, 1.807) is 0 Å². The molecule has 1 N–H and O–H groups in total. The van der Waals surface area contributed by atoms with Crippen molar-refractivity contribution in [2.24, 2.45) is 7.05 Å². The Hall–Kier alpha value is -0.830. The van der Waals surface area contributed by atoms with Gasteiger partial charge in [-0.15, -0.1) is 0 Å². The zero-order valence-corrected chi connectivity index (χ0v) is 8.38. The van der Waals surface area contributed by atoms with Gasteiger partial charge in [-0.2, -0.15) is 5.10 Å². The van der Waals surface area contributed by atoms with Crippen LogP contribution in [-0.2, 0) is 13.5 Å². The SMILES string of the molecule is CNCC1CCCc2c1cnn2C. The summed E-state index contributed by atoms with van der Waals surface area (Å²) in [4.78, 5) is 0. The summed E-state index contributed by atoms with van der Waals surface area (Å²) < 4.78 is 2.02. The molecule has 0 fully saturated rings. The Bertz CT molecular complexity index is 290. The zero-order chi connectivity index (χ0) is 9.26. The smallest absolute Gasteiger partial charge is 0.0527 e. The number of aryl methyl sites for hydroxylation is 1. The number of nitrogens with one attached hydrogen (secondary N) is 1. The van der Waals surface area contributed by atoms with Crippen molar-refractivity contribution < 1.29 is 0 Å². The highest BCUT2D eigenvalue weighted by Gasteiger charge is 2.22. The molecule has 1 unspecified atom stereocenters. The maximum absolute atomic E-state index is 4.32. The molecule has 0 aliphatic heterocycles. The first-order valence-corrected chi connectivity index (χ1v) is 4.98. The predicted molar refractivity (Wildman–Crippen MR) is 52.8 cm³/mol. The Labute approximate surface area is 79.1 Å². The second-order valence-electron chi connectivity index (χ2n) is 3.82. The van der Waals surface area contributed by atoms with E-state index in [1.165, 1.54) is 30.5 Å². The van der Waals surface area contributed by atoms with Crippen LogP contribution in [0.5, 0.6) is 0 Å². The van der Waals surface area contributed by atoms with Crippen molar-refractivity contribution >= 4 is 0 Å². The van der Waals surface area contributed by atoms with E-state index in [2.05, 4.69) is 10.4 Å². The van der Waals surface area contributed by atoms with E-state index >= 15 is 0 Å².